The minimum absolute atomic E-state index is 0.390. The molecule has 0 saturated heterocycles. The second-order valence-corrected chi connectivity index (χ2v) is 7.11. The zero-order valence-electron chi connectivity index (χ0n) is 11.4. The van der Waals surface area contributed by atoms with Crippen molar-refractivity contribution in [1.82, 2.24) is 5.32 Å². The fourth-order valence-electron chi connectivity index (χ4n) is 1.72. The van der Waals surface area contributed by atoms with Crippen molar-refractivity contribution in [3.05, 3.63) is 21.9 Å². The van der Waals surface area contributed by atoms with E-state index < -0.39 is 0 Å². The summed E-state index contributed by atoms with van der Waals surface area (Å²) in [5.74, 6) is 0.715. The number of thiophene rings is 1. The first-order valence-corrected chi connectivity index (χ1v) is 6.90. The average molecular weight is 239 g/mol. The summed E-state index contributed by atoms with van der Waals surface area (Å²) in [4.78, 5) is 2.87. The van der Waals surface area contributed by atoms with Crippen LogP contribution < -0.4 is 5.32 Å². The van der Waals surface area contributed by atoms with Crippen LogP contribution in [0.25, 0.3) is 0 Å². The Labute approximate surface area is 104 Å². The maximum absolute atomic E-state index is 3.45. The molecule has 0 aliphatic heterocycles. The van der Waals surface area contributed by atoms with Crippen LogP contribution in [0.5, 0.6) is 0 Å². The van der Waals surface area contributed by atoms with Gasteiger partial charge in [0.25, 0.3) is 0 Å². The van der Waals surface area contributed by atoms with E-state index in [9.17, 15) is 0 Å². The molecule has 1 N–H and O–H groups in total. The molecule has 2 heteroatoms. The summed E-state index contributed by atoms with van der Waals surface area (Å²) in [6, 6.07) is 4.98. The summed E-state index contributed by atoms with van der Waals surface area (Å²) in [7, 11) is 2.06. The summed E-state index contributed by atoms with van der Waals surface area (Å²) in [6.07, 6.45) is 1.21. The highest BCUT2D eigenvalue weighted by Gasteiger charge is 2.24. The molecule has 0 fully saturated rings. The lowest BCUT2D eigenvalue weighted by Gasteiger charge is -2.30. The Bertz CT molecular complexity index is 322. The van der Waals surface area contributed by atoms with Gasteiger partial charge in [-0.05, 0) is 43.9 Å². The van der Waals surface area contributed by atoms with Gasteiger partial charge in [0.05, 0.1) is 0 Å². The summed E-state index contributed by atoms with van der Waals surface area (Å²) < 4.78 is 0. The Morgan fingerprint density at radius 3 is 2.31 bits per heavy atom. The van der Waals surface area contributed by atoms with Crippen molar-refractivity contribution in [1.29, 1.82) is 0 Å². The number of nitrogens with one attached hydrogen (secondary N) is 1. The first-order valence-electron chi connectivity index (χ1n) is 6.08. The maximum Gasteiger partial charge on any atom is 0.0415 e. The Kier molecular flexibility index (Phi) is 4.57. The topological polar surface area (TPSA) is 12.0 Å². The third kappa shape index (κ3) is 3.60. The van der Waals surface area contributed by atoms with Crippen LogP contribution in [-0.4, -0.2) is 7.05 Å². The predicted octanol–water partition coefficient (Wildman–Crippen LogP) is 4.39. The molecule has 0 aromatic carbocycles. The average Bonchev–Trinajstić information content (AvgIpc) is 2.59. The molecule has 16 heavy (non-hydrogen) atoms. The van der Waals surface area contributed by atoms with E-state index in [1.54, 1.807) is 0 Å². The van der Waals surface area contributed by atoms with Crippen LogP contribution in [-0.2, 0) is 0 Å². The smallest absolute Gasteiger partial charge is 0.0415 e. The predicted molar refractivity (Wildman–Crippen MR) is 74.1 cm³/mol. The number of hydrogen-bond acceptors (Lipinski definition) is 2. The van der Waals surface area contributed by atoms with Crippen molar-refractivity contribution in [2.45, 2.75) is 47.1 Å². The zero-order valence-corrected chi connectivity index (χ0v) is 12.2. The van der Waals surface area contributed by atoms with Crippen molar-refractivity contribution < 1.29 is 0 Å². The molecule has 0 radical (unpaired) electrons. The first kappa shape index (κ1) is 13.7. The minimum Gasteiger partial charge on any atom is -0.312 e. The van der Waals surface area contributed by atoms with Gasteiger partial charge in [0.15, 0.2) is 0 Å². The van der Waals surface area contributed by atoms with E-state index in [1.165, 1.54) is 16.2 Å². The Morgan fingerprint density at radius 2 is 1.94 bits per heavy atom. The summed E-state index contributed by atoms with van der Waals surface area (Å²) in [5, 5.41) is 3.45. The third-order valence-corrected chi connectivity index (χ3v) is 4.64. The number of hydrogen-bond donors (Lipinski definition) is 1. The quantitative estimate of drug-likeness (QED) is 0.821. The van der Waals surface area contributed by atoms with Gasteiger partial charge < -0.3 is 5.32 Å². The Morgan fingerprint density at radius 1 is 1.31 bits per heavy atom. The maximum atomic E-state index is 3.45. The van der Waals surface area contributed by atoms with E-state index in [0.717, 1.165) is 0 Å². The van der Waals surface area contributed by atoms with Gasteiger partial charge in [0, 0.05) is 15.8 Å². The standard InChI is InChI=1S/C14H25NS/c1-10(14(3,4)5)9-12(15-6)13-8-7-11(2)16-13/h7-8,10,12,15H,9H2,1-6H3. The second-order valence-electron chi connectivity index (χ2n) is 5.79. The van der Waals surface area contributed by atoms with Crippen molar-refractivity contribution in [2.24, 2.45) is 11.3 Å². The molecule has 2 atom stereocenters. The highest BCUT2D eigenvalue weighted by atomic mass is 32.1. The largest absolute Gasteiger partial charge is 0.312 e. The lowest BCUT2D eigenvalue weighted by Crippen LogP contribution is -2.24. The van der Waals surface area contributed by atoms with E-state index in [2.05, 4.69) is 59.1 Å². The van der Waals surface area contributed by atoms with Gasteiger partial charge in [-0.15, -0.1) is 11.3 Å². The molecule has 0 bridgehead atoms. The normalized spacial score (nSPS) is 16.1. The van der Waals surface area contributed by atoms with Crippen LogP contribution >= 0.6 is 11.3 Å². The van der Waals surface area contributed by atoms with Crippen molar-refractivity contribution in [2.75, 3.05) is 7.05 Å². The molecule has 2 unspecified atom stereocenters. The van der Waals surface area contributed by atoms with Crippen LogP contribution in [0.4, 0.5) is 0 Å². The molecule has 92 valence electrons. The van der Waals surface area contributed by atoms with Crippen LogP contribution in [0, 0.1) is 18.3 Å². The van der Waals surface area contributed by atoms with Crippen LogP contribution in [0.3, 0.4) is 0 Å². The molecule has 0 aliphatic rings. The lowest BCUT2D eigenvalue weighted by molar-refractivity contribution is 0.227. The second kappa shape index (κ2) is 5.33. The molecule has 0 saturated carbocycles. The molecule has 0 aliphatic carbocycles. The van der Waals surface area contributed by atoms with Crippen LogP contribution in [0.15, 0.2) is 12.1 Å². The van der Waals surface area contributed by atoms with Crippen molar-refractivity contribution in [3.8, 4) is 0 Å². The molecular formula is C14H25NS. The van der Waals surface area contributed by atoms with Crippen molar-refractivity contribution in [3.63, 3.8) is 0 Å². The van der Waals surface area contributed by atoms with Gasteiger partial charge in [-0.3, -0.25) is 0 Å². The Hall–Kier alpha value is -0.340. The van der Waals surface area contributed by atoms with Crippen LogP contribution in [0.2, 0.25) is 0 Å². The lowest BCUT2D eigenvalue weighted by atomic mass is 9.78. The monoisotopic (exact) mass is 239 g/mol. The van der Waals surface area contributed by atoms with Gasteiger partial charge in [0.2, 0.25) is 0 Å². The molecule has 1 heterocycles. The van der Waals surface area contributed by atoms with E-state index in [4.69, 9.17) is 0 Å². The molecule has 1 aromatic rings. The Balaban J connectivity index is 2.70. The van der Waals surface area contributed by atoms with E-state index in [1.807, 2.05) is 11.3 Å². The number of rotatable bonds is 4. The van der Waals surface area contributed by atoms with Crippen LogP contribution in [0.1, 0.15) is 49.9 Å². The van der Waals surface area contributed by atoms with Gasteiger partial charge in [-0.2, -0.15) is 0 Å². The fraction of sp³-hybridized carbons (Fsp3) is 0.714. The highest BCUT2D eigenvalue weighted by molar-refractivity contribution is 7.12. The van der Waals surface area contributed by atoms with Gasteiger partial charge in [0.1, 0.15) is 0 Å². The summed E-state index contributed by atoms with van der Waals surface area (Å²) in [5.41, 5.74) is 0.390. The third-order valence-electron chi connectivity index (χ3n) is 3.52. The molecule has 1 rings (SSSR count). The van der Waals surface area contributed by atoms with Gasteiger partial charge in [-0.1, -0.05) is 27.7 Å². The van der Waals surface area contributed by atoms with Gasteiger partial charge in [-0.25, -0.2) is 0 Å². The minimum atomic E-state index is 0.390. The molecule has 0 spiro atoms. The van der Waals surface area contributed by atoms with E-state index in [0.29, 0.717) is 17.4 Å². The van der Waals surface area contributed by atoms with E-state index >= 15 is 0 Å². The fourth-order valence-corrected chi connectivity index (χ4v) is 2.72. The zero-order chi connectivity index (χ0) is 12.3. The summed E-state index contributed by atoms with van der Waals surface area (Å²) in [6.45, 7) is 11.5. The van der Waals surface area contributed by atoms with E-state index in [-0.39, 0.29) is 0 Å². The summed E-state index contributed by atoms with van der Waals surface area (Å²) >= 11 is 1.91. The van der Waals surface area contributed by atoms with Crippen molar-refractivity contribution >= 4 is 11.3 Å². The van der Waals surface area contributed by atoms with Gasteiger partial charge >= 0.3 is 0 Å². The SMILES string of the molecule is CNC(CC(C)C(C)(C)C)c1ccc(C)s1. The highest BCUT2D eigenvalue weighted by Crippen LogP contribution is 2.34. The molecular weight excluding hydrogens is 214 g/mol. The molecule has 0 amide bonds. The molecule has 1 aromatic heterocycles. The first-order chi connectivity index (χ1) is 7.34. The molecule has 1 nitrogen and oxygen atoms in total. The number of aryl methyl sites for hydroxylation is 1.